The van der Waals surface area contributed by atoms with Gasteiger partial charge in [-0.2, -0.15) is 0 Å². The van der Waals surface area contributed by atoms with Crippen LogP contribution in [0.15, 0.2) is 24.3 Å². The highest BCUT2D eigenvalue weighted by Crippen LogP contribution is 2.25. The van der Waals surface area contributed by atoms with Crippen molar-refractivity contribution >= 4 is 11.8 Å². The molecule has 4 nitrogen and oxygen atoms in total. The fraction of sp³-hybridized carbons (Fsp3) is 0.333. The molecule has 0 fully saturated rings. The molecule has 1 atom stereocenters. The summed E-state index contributed by atoms with van der Waals surface area (Å²) in [6.07, 6.45) is 5.95. The quantitative estimate of drug-likeness (QED) is 0.610. The zero-order chi connectivity index (χ0) is 11.5. The fourth-order valence-corrected chi connectivity index (χ4v) is 1.95. The predicted molar refractivity (Wildman–Crippen MR) is 63.0 cm³/mol. The molecule has 4 heteroatoms. The number of fused-ring (bicyclic) bond motifs is 1. The van der Waals surface area contributed by atoms with Crippen LogP contribution in [0.1, 0.15) is 17.5 Å². The number of nitro benzene ring substituents is 1. The predicted octanol–water partition coefficient (Wildman–Crippen LogP) is 2.13. The number of rotatable bonds is 2. The molecular formula is C12H14N2O2. The van der Waals surface area contributed by atoms with E-state index in [1.165, 1.54) is 0 Å². The molecule has 0 heterocycles. The standard InChI is InChI=1S/C12H14N2O2/c13-8-9-1-3-10-5-6-12(14(15)16)7-11(10)4-2-9/h2,4-7,9H,1,3,8,13H2. The van der Waals surface area contributed by atoms with Crippen molar-refractivity contribution in [2.75, 3.05) is 6.54 Å². The number of hydrogen-bond donors (Lipinski definition) is 1. The molecule has 2 N–H and O–H groups in total. The van der Waals surface area contributed by atoms with Gasteiger partial charge in [0.2, 0.25) is 0 Å². The van der Waals surface area contributed by atoms with Crippen LogP contribution in [0.4, 0.5) is 5.69 Å². The van der Waals surface area contributed by atoms with Gasteiger partial charge in [0, 0.05) is 12.1 Å². The average Bonchev–Trinajstić information content (AvgIpc) is 2.50. The van der Waals surface area contributed by atoms with E-state index in [0.717, 1.165) is 24.0 Å². The van der Waals surface area contributed by atoms with Gasteiger partial charge < -0.3 is 5.73 Å². The van der Waals surface area contributed by atoms with Crippen LogP contribution in [0, 0.1) is 16.0 Å². The van der Waals surface area contributed by atoms with Crippen molar-refractivity contribution < 1.29 is 4.92 Å². The van der Waals surface area contributed by atoms with Crippen molar-refractivity contribution in [2.24, 2.45) is 11.7 Å². The lowest BCUT2D eigenvalue weighted by atomic mass is 10.0. The molecule has 0 spiro atoms. The fourth-order valence-electron chi connectivity index (χ4n) is 1.95. The highest BCUT2D eigenvalue weighted by Gasteiger charge is 2.13. The Balaban J connectivity index is 2.35. The van der Waals surface area contributed by atoms with Gasteiger partial charge in [-0.3, -0.25) is 10.1 Å². The Bertz CT molecular complexity index is 441. The van der Waals surface area contributed by atoms with Crippen LogP contribution in [0.3, 0.4) is 0 Å². The molecule has 1 aromatic carbocycles. The molecule has 0 saturated heterocycles. The second-order valence-corrected chi connectivity index (χ2v) is 4.03. The van der Waals surface area contributed by atoms with Crippen LogP contribution in [-0.4, -0.2) is 11.5 Å². The zero-order valence-corrected chi connectivity index (χ0v) is 8.93. The van der Waals surface area contributed by atoms with Gasteiger partial charge in [0.15, 0.2) is 0 Å². The van der Waals surface area contributed by atoms with E-state index in [-0.39, 0.29) is 10.6 Å². The molecule has 1 aromatic rings. The summed E-state index contributed by atoms with van der Waals surface area (Å²) in [7, 11) is 0. The van der Waals surface area contributed by atoms with Gasteiger partial charge in [0.1, 0.15) is 0 Å². The van der Waals surface area contributed by atoms with E-state index in [1.807, 2.05) is 12.1 Å². The van der Waals surface area contributed by atoms with E-state index in [9.17, 15) is 10.1 Å². The molecule has 0 radical (unpaired) electrons. The van der Waals surface area contributed by atoms with Crippen LogP contribution in [0.25, 0.3) is 6.08 Å². The van der Waals surface area contributed by atoms with Crippen molar-refractivity contribution in [1.29, 1.82) is 0 Å². The van der Waals surface area contributed by atoms with E-state index in [4.69, 9.17) is 5.73 Å². The topological polar surface area (TPSA) is 69.2 Å². The van der Waals surface area contributed by atoms with Crippen LogP contribution in [0.2, 0.25) is 0 Å². The van der Waals surface area contributed by atoms with Gasteiger partial charge in [0.25, 0.3) is 5.69 Å². The summed E-state index contributed by atoms with van der Waals surface area (Å²) in [5.41, 5.74) is 7.89. The normalized spacial score (nSPS) is 18.9. The lowest BCUT2D eigenvalue weighted by molar-refractivity contribution is -0.384. The first kappa shape index (κ1) is 10.8. The Morgan fingerprint density at radius 1 is 1.50 bits per heavy atom. The third-order valence-electron chi connectivity index (χ3n) is 2.98. The number of hydrogen-bond acceptors (Lipinski definition) is 3. The van der Waals surface area contributed by atoms with Crippen LogP contribution < -0.4 is 5.73 Å². The molecular weight excluding hydrogens is 204 g/mol. The smallest absolute Gasteiger partial charge is 0.270 e. The Kier molecular flexibility index (Phi) is 3.01. The number of nitrogens with two attached hydrogens (primary N) is 1. The Labute approximate surface area is 93.9 Å². The first-order chi connectivity index (χ1) is 7.70. The maximum atomic E-state index is 10.7. The second kappa shape index (κ2) is 4.45. The second-order valence-electron chi connectivity index (χ2n) is 4.03. The maximum Gasteiger partial charge on any atom is 0.270 e. The molecule has 16 heavy (non-hydrogen) atoms. The molecule has 0 amide bonds. The summed E-state index contributed by atoms with van der Waals surface area (Å²) >= 11 is 0. The Morgan fingerprint density at radius 3 is 3.00 bits per heavy atom. The monoisotopic (exact) mass is 218 g/mol. The van der Waals surface area contributed by atoms with Gasteiger partial charge in [-0.15, -0.1) is 0 Å². The molecule has 1 aliphatic carbocycles. The van der Waals surface area contributed by atoms with Gasteiger partial charge in [-0.25, -0.2) is 0 Å². The van der Waals surface area contributed by atoms with E-state index >= 15 is 0 Å². The minimum absolute atomic E-state index is 0.148. The van der Waals surface area contributed by atoms with Crippen LogP contribution in [0.5, 0.6) is 0 Å². The molecule has 84 valence electrons. The van der Waals surface area contributed by atoms with Crippen molar-refractivity contribution in [3.8, 4) is 0 Å². The van der Waals surface area contributed by atoms with Gasteiger partial charge in [-0.1, -0.05) is 18.2 Å². The first-order valence-electron chi connectivity index (χ1n) is 5.36. The summed E-state index contributed by atoms with van der Waals surface area (Å²) in [5.74, 6) is 0.381. The Morgan fingerprint density at radius 2 is 2.31 bits per heavy atom. The van der Waals surface area contributed by atoms with E-state index in [0.29, 0.717) is 12.5 Å². The third kappa shape index (κ3) is 2.12. The highest BCUT2D eigenvalue weighted by molar-refractivity contribution is 5.59. The molecule has 0 bridgehead atoms. The first-order valence-corrected chi connectivity index (χ1v) is 5.36. The molecule has 0 aromatic heterocycles. The van der Waals surface area contributed by atoms with Crippen LogP contribution >= 0.6 is 0 Å². The minimum Gasteiger partial charge on any atom is -0.330 e. The molecule has 1 aliphatic rings. The van der Waals surface area contributed by atoms with E-state index < -0.39 is 0 Å². The van der Waals surface area contributed by atoms with Crippen molar-refractivity contribution in [2.45, 2.75) is 12.8 Å². The van der Waals surface area contributed by atoms with Crippen molar-refractivity contribution in [3.05, 3.63) is 45.5 Å². The lowest BCUT2D eigenvalue weighted by Gasteiger charge is -2.06. The molecule has 1 unspecified atom stereocenters. The van der Waals surface area contributed by atoms with E-state index in [2.05, 4.69) is 6.08 Å². The summed E-state index contributed by atoms with van der Waals surface area (Å²) in [6, 6.07) is 5.04. The van der Waals surface area contributed by atoms with Gasteiger partial charge in [-0.05, 0) is 36.4 Å². The Hall–Kier alpha value is -1.68. The number of nitrogens with zero attached hydrogens (tertiary/aromatic N) is 1. The minimum atomic E-state index is -0.362. The van der Waals surface area contributed by atoms with Crippen LogP contribution in [-0.2, 0) is 6.42 Å². The zero-order valence-electron chi connectivity index (χ0n) is 8.93. The van der Waals surface area contributed by atoms with Gasteiger partial charge in [0.05, 0.1) is 4.92 Å². The summed E-state index contributed by atoms with van der Waals surface area (Å²) in [5, 5.41) is 10.7. The van der Waals surface area contributed by atoms with Crippen molar-refractivity contribution in [1.82, 2.24) is 0 Å². The molecule has 0 aliphatic heterocycles. The SMILES string of the molecule is NCC1C=Cc2cc([N+](=O)[O-])ccc2CC1. The lowest BCUT2D eigenvalue weighted by Crippen LogP contribution is -2.11. The summed E-state index contributed by atoms with van der Waals surface area (Å²) < 4.78 is 0. The third-order valence-corrected chi connectivity index (χ3v) is 2.98. The summed E-state index contributed by atoms with van der Waals surface area (Å²) in [6.45, 7) is 0.632. The largest absolute Gasteiger partial charge is 0.330 e. The maximum absolute atomic E-state index is 10.7. The van der Waals surface area contributed by atoms with Crippen molar-refractivity contribution in [3.63, 3.8) is 0 Å². The van der Waals surface area contributed by atoms with Gasteiger partial charge >= 0.3 is 0 Å². The molecule has 2 rings (SSSR count). The molecule has 0 saturated carbocycles. The number of aryl methyl sites for hydroxylation is 1. The number of benzene rings is 1. The van der Waals surface area contributed by atoms with E-state index in [1.54, 1.807) is 12.1 Å². The average molecular weight is 218 g/mol. The summed E-state index contributed by atoms with van der Waals surface area (Å²) in [4.78, 5) is 10.3. The highest BCUT2D eigenvalue weighted by atomic mass is 16.6. The number of non-ortho nitro benzene ring substituents is 1. The number of nitro groups is 1.